The predicted octanol–water partition coefficient (Wildman–Crippen LogP) is 20.5. The first-order valence-corrected chi connectivity index (χ1v) is 27.4. The molecule has 2 aliphatic heterocycles. The lowest BCUT2D eigenvalue weighted by Gasteiger charge is -2.36. The van der Waals surface area contributed by atoms with Crippen molar-refractivity contribution in [1.82, 2.24) is 0 Å². The van der Waals surface area contributed by atoms with Gasteiger partial charge >= 0.3 is 0 Å². The van der Waals surface area contributed by atoms with Crippen molar-refractivity contribution in [3.8, 4) is 22.3 Å². The van der Waals surface area contributed by atoms with E-state index in [0.29, 0.717) is 0 Å². The first-order chi connectivity index (χ1) is 36.7. The molecule has 2 heterocycles. The Hall–Kier alpha value is -8.28. The van der Waals surface area contributed by atoms with Crippen molar-refractivity contribution in [2.75, 3.05) is 9.80 Å². The van der Waals surface area contributed by atoms with Crippen LogP contribution in [0.15, 0.2) is 274 Å². The number of rotatable bonds is 6. The van der Waals surface area contributed by atoms with Crippen LogP contribution < -0.4 is 9.80 Å². The highest BCUT2D eigenvalue weighted by atomic mass is 32.2. The Morgan fingerprint density at radius 2 is 0.986 bits per heavy atom. The Kier molecular flexibility index (Phi) is 10.4. The Morgan fingerprint density at radius 3 is 1.72 bits per heavy atom. The minimum Gasteiger partial charge on any atom is -0.312 e. The van der Waals surface area contributed by atoms with Gasteiger partial charge in [-0.15, -0.1) is 0 Å². The number of hydrogen-bond acceptors (Lipinski definition) is 4. The van der Waals surface area contributed by atoms with Gasteiger partial charge in [-0.2, -0.15) is 0 Å². The zero-order valence-electron chi connectivity index (χ0n) is 40.6. The van der Waals surface area contributed by atoms with E-state index in [-0.39, 0.29) is 5.92 Å². The fourth-order valence-electron chi connectivity index (χ4n) is 12.2. The molecule has 1 unspecified atom stereocenters. The van der Waals surface area contributed by atoms with Gasteiger partial charge in [0.1, 0.15) is 0 Å². The number of benzene rings is 11. The van der Waals surface area contributed by atoms with Gasteiger partial charge in [0, 0.05) is 42.6 Å². The van der Waals surface area contributed by atoms with Crippen molar-refractivity contribution in [3.63, 3.8) is 0 Å². The molecule has 350 valence electrons. The molecule has 4 heteroatoms. The van der Waals surface area contributed by atoms with Gasteiger partial charge in [0.25, 0.3) is 0 Å². The van der Waals surface area contributed by atoms with Crippen LogP contribution in [-0.4, -0.2) is 0 Å². The second-order valence-electron chi connectivity index (χ2n) is 19.8. The van der Waals surface area contributed by atoms with E-state index in [1.807, 2.05) is 23.5 Å². The number of hydrogen-bond donors (Lipinski definition) is 0. The number of fused-ring (bicyclic) bond motifs is 7. The average Bonchev–Trinajstić information content (AvgIpc) is 3.47. The molecular weight excluding hydrogens is 933 g/mol. The zero-order chi connectivity index (χ0) is 48.7. The molecular formula is C70H48N2S2. The maximum Gasteiger partial charge on any atom is 0.0601 e. The summed E-state index contributed by atoms with van der Waals surface area (Å²) in [6.45, 7) is 0. The molecule has 0 radical (unpaired) electrons. The third kappa shape index (κ3) is 7.11. The average molecular weight is 981 g/mol. The molecule has 0 amide bonds. The molecule has 0 N–H and O–H groups in total. The van der Waals surface area contributed by atoms with E-state index in [2.05, 4.69) is 259 Å². The van der Waals surface area contributed by atoms with Gasteiger partial charge in [0.2, 0.25) is 0 Å². The molecule has 1 atom stereocenters. The van der Waals surface area contributed by atoms with Crippen LogP contribution in [0.4, 0.5) is 28.4 Å². The number of allylic oxidation sites excluding steroid dienone is 7. The Labute approximate surface area is 440 Å². The molecule has 4 aliphatic rings. The number of thioether (sulfide) groups is 1. The van der Waals surface area contributed by atoms with Crippen LogP contribution in [-0.2, 0) is 0 Å². The quantitative estimate of drug-likeness (QED) is 0.153. The van der Waals surface area contributed by atoms with Gasteiger partial charge in [0.05, 0.1) is 17.1 Å². The van der Waals surface area contributed by atoms with E-state index < -0.39 is 0 Å². The molecule has 11 aromatic carbocycles. The summed E-state index contributed by atoms with van der Waals surface area (Å²) < 4.78 is 0. The SMILES string of the molecule is C1=CCC(c2ccc3ccccc3c2)C(c2c3cc(N4c5ccccc5Sc5ccccc54)ccc3c(-c3ccccc3-c3ccc4ccccc4c3)c3cc(N4C5=C(C=CCC5)Sc5ccccc54)ccc23)=C1. The summed E-state index contributed by atoms with van der Waals surface area (Å²) in [5.41, 5.74) is 16.2. The molecule has 0 aromatic heterocycles. The third-order valence-electron chi connectivity index (χ3n) is 15.6. The predicted molar refractivity (Wildman–Crippen MR) is 317 cm³/mol. The van der Waals surface area contributed by atoms with E-state index in [9.17, 15) is 0 Å². The van der Waals surface area contributed by atoms with Crippen LogP contribution in [0.5, 0.6) is 0 Å². The summed E-state index contributed by atoms with van der Waals surface area (Å²) in [5.74, 6) is 0.135. The first-order valence-electron chi connectivity index (χ1n) is 25.8. The van der Waals surface area contributed by atoms with Crippen LogP contribution in [0.1, 0.15) is 36.3 Å². The van der Waals surface area contributed by atoms with Gasteiger partial charge in [-0.3, -0.25) is 0 Å². The lowest BCUT2D eigenvalue weighted by Crippen LogP contribution is -2.22. The van der Waals surface area contributed by atoms with E-state index in [4.69, 9.17) is 0 Å². The van der Waals surface area contributed by atoms with E-state index in [1.54, 1.807) is 0 Å². The summed E-state index contributed by atoms with van der Waals surface area (Å²) in [5, 5.41) is 9.99. The fourth-order valence-corrected chi connectivity index (χ4v) is 14.4. The summed E-state index contributed by atoms with van der Waals surface area (Å²) in [6.07, 6.45) is 14.7. The van der Waals surface area contributed by atoms with Crippen LogP contribution in [0, 0.1) is 0 Å². The van der Waals surface area contributed by atoms with Crippen molar-refractivity contribution in [3.05, 3.63) is 270 Å². The Balaban J connectivity index is 1.06. The number of para-hydroxylation sites is 3. The molecule has 15 rings (SSSR count). The van der Waals surface area contributed by atoms with Crippen molar-refractivity contribution in [2.45, 2.75) is 39.9 Å². The standard InChI is InChI=1S/C70H48N2S2/c1-3-19-47-41-49(35-33-45(47)17-1)53-21-5-7-23-55(53)69-57-39-37-52(72-63-27-11-15-31-67(63)74-68-32-16-12-28-64(68)72)44-60(57)70(56-24-8-6-22-54(56)50-36-34-46-18-2-4-20-48(46)42-50)58-40-38-51(43-59(58)69)71-61-25-9-13-29-65(61)73-66-30-14-10-26-62(66)71/h1-11,13-20,22-27,29-44,53H,12,21,28H2. The smallest absolute Gasteiger partial charge is 0.0601 e. The normalized spacial score (nSPS) is 15.8. The fraction of sp³-hybridized carbons (Fsp3) is 0.0571. The molecule has 0 saturated carbocycles. The molecule has 2 nitrogen and oxygen atoms in total. The summed E-state index contributed by atoms with van der Waals surface area (Å²) in [6, 6.07) is 82.2. The Bertz CT molecular complexity index is 4220. The highest BCUT2D eigenvalue weighted by Gasteiger charge is 2.31. The first kappa shape index (κ1) is 43.3. The highest BCUT2D eigenvalue weighted by Crippen LogP contribution is 2.56. The minimum atomic E-state index is 0.135. The number of anilines is 5. The summed E-state index contributed by atoms with van der Waals surface area (Å²) in [7, 11) is 0. The van der Waals surface area contributed by atoms with Crippen LogP contribution >= 0.6 is 23.5 Å². The maximum absolute atomic E-state index is 2.57. The van der Waals surface area contributed by atoms with Gasteiger partial charge in [-0.25, -0.2) is 0 Å². The largest absolute Gasteiger partial charge is 0.312 e. The Morgan fingerprint density at radius 1 is 0.419 bits per heavy atom. The van der Waals surface area contributed by atoms with E-state index >= 15 is 0 Å². The van der Waals surface area contributed by atoms with Gasteiger partial charge in [0.15, 0.2) is 0 Å². The monoisotopic (exact) mass is 980 g/mol. The van der Waals surface area contributed by atoms with Gasteiger partial charge in [-0.05, 0) is 168 Å². The van der Waals surface area contributed by atoms with Crippen LogP contribution in [0.25, 0.3) is 70.9 Å². The van der Waals surface area contributed by atoms with Crippen LogP contribution in [0.3, 0.4) is 0 Å². The maximum atomic E-state index is 2.57. The lowest BCUT2D eigenvalue weighted by molar-refractivity contribution is 0.878. The topological polar surface area (TPSA) is 6.48 Å². The van der Waals surface area contributed by atoms with Gasteiger partial charge < -0.3 is 9.80 Å². The molecule has 11 aromatic rings. The molecule has 0 fully saturated rings. The third-order valence-corrected chi connectivity index (χ3v) is 17.9. The molecule has 0 bridgehead atoms. The molecule has 0 saturated heterocycles. The van der Waals surface area contributed by atoms with Crippen molar-refractivity contribution < 1.29 is 0 Å². The van der Waals surface area contributed by atoms with Gasteiger partial charge in [-0.1, -0.05) is 206 Å². The van der Waals surface area contributed by atoms with Crippen LogP contribution in [0.2, 0.25) is 0 Å². The van der Waals surface area contributed by atoms with Crippen molar-refractivity contribution >= 4 is 101 Å². The van der Waals surface area contributed by atoms with Crippen molar-refractivity contribution in [1.29, 1.82) is 0 Å². The summed E-state index contributed by atoms with van der Waals surface area (Å²) in [4.78, 5) is 10.2. The minimum absolute atomic E-state index is 0.135. The second kappa shape index (κ2) is 17.7. The molecule has 2 aliphatic carbocycles. The van der Waals surface area contributed by atoms with E-state index in [0.717, 1.165) is 24.9 Å². The molecule has 0 spiro atoms. The second-order valence-corrected chi connectivity index (χ2v) is 22.0. The summed E-state index contributed by atoms with van der Waals surface area (Å²) >= 11 is 3.76. The van der Waals surface area contributed by atoms with E-state index in [1.165, 1.54) is 130 Å². The highest BCUT2D eigenvalue weighted by molar-refractivity contribution is 8.03. The number of nitrogens with zero attached hydrogens (tertiary/aromatic N) is 2. The molecule has 74 heavy (non-hydrogen) atoms. The zero-order valence-corrected chi connectivity index (χ0v) is 42.2. The van der Waals surface area contributed by atoms with Crippen molar-refractivity contribution in [2.24, 2.45) is 0 Å². The lowest BCUT2D eigenvalue weighted by atomic mass is 9.76.